The first-order valence-corrected chi connectivity index (χ1v) is 18.0. The summed E-state index contributed by atoms with van der Waals surface area (Å²) < 4.78 is 5.96. The Labute approximate surface area is 312 Å². The van der Waals surface area contributed by atoms with Crippen molar-refractivity contribution in [3.63, 3.8) is 0 Å². The first kappa shape index (κ1) is 34.7. The lowest BCUT2D eigenvalue weighted by Gasteiger charge is -2.42. The largest absolute Gasteiger partial charge is 0.507 e. The highest BCUT2D eigenvalue weighted by Gasteiger charge is 2.56. The Morgan fingerprint density at radius 3 is 2.19 bits per heavy atom. The summed E-state index contributed by atoms with van der Waals surface area (Å²) in [7, 11) is 3.93. The SMILES string of the molecule is CC1=CC(=O)C2=C(C1=O)[C@@H](c1ccc(OCc3ccccc3)cc1O)C1=CC[C@@H]3C(=O)N(c4ccc(N=Nc5ccc(N(C)C)cc5)cc4)C(=O)[C@@H]3[C@@H]1C2. The van der Waals surface area contributed by atoms with Crippen LogP contribution in [0, 0.1) is 17.8 Å². The maximum Gasteiger partial charge on any atom is 0.238 e. The number of carbonyl (C=O) groups excluding carboxylic acids is 4. The second-order valence-electron chi connectivity index (χ2n) is 14.4. The minimum absolute atomic E-state index is 0.0909. The first-order chi connectivity index (χ1) is 26.1. The van der Waals surface area contributed by atoms with Gasteiger partial charge in [-0.2, -0.15) is 10.2 Å². The fourth-order valence-corrected chi connectivity index (χ4v) is 8.17. The van der Waals surface area contributed by atoms with Gasteiger partial charge in [-0.3, -0.25) is 24.1 Å². The van der Waals surface area contributed by atoms with Crippen molar-refractivity contribution in [3.8, 4) is 11.5 Å². The molecule has 3 aliphatic carbocycles. The first-order valence-electron chi connectivity index (χ1n) is 18.0. The number of imide groups is 1. The van der Waals surface area contributed by atoms with E-state index in [0.717, 1.165) is 16.8 Å². The molecular formula is C44H38N4O6. The normalized spacial score (nSPS) is 22.2. The highest BCUT2D eigenvalue weighted by molar-refractivity contribution is 6.25. The zero-order chi connectivity index (χ0) is 37.7. The molecule has 0 bridgehead atoms. The fraction of sp³-hybridized carbons (Fsp3) is 0.227. The van der Waals surface area contributed by atoms with Crippen molar-refractivity contribution in [1.29, 1.82) is 0 Å². The summed E-state index contributed by atoms with van der Waals surface area (Å²) in [4.78, 5) is 59.0. The van der Waals surface area contributed by atoms with Crippen LogP contribution in [0.2, 0.25) is 0 Å². The molecule has 4 atom stereocenters. The average Bonchev–Trinajstić information content (AvgIpc) is 3.44. The number of benzene rings is 4. The van der Waals surface area contributed by atoms with E-state index in [1.165, 1.54) is 17.0 Å². The average molecular weight is 719 g/mol. The van der Waals surface area contributed by atoms with Crippen molar-refractivity contribution >= 4 is 46.1 Å². The third-order valence-corrected chi connectivity index (χ3v) is 10.9. The van der Waals surface area contributed by atoms with Crippen LogP contribution < -0.4 is 14.5 Å². The van der Waals surface area contributed by atoms with Crippen LogP contribution in [0.15, 0.2) is 142 Å². The number of phenols is 1. The third kappa shape index (κ3) is 6.13. The van der Waals surface area contributed by atoms with Gasteiger partial charge in [0.15, 0.2) is 11.6 Å². The number of ketones is 2. The van der Waals surface area contributed by atoms with Crippen LogP contribution in [0.5, 0.6) is 11.5 Å². The van der Waals surface area contributed by atoms with E-state index in [0.29, 0.717) is 51.7 Å². The van der Waals surface area contributed by atoms with Gasteiger partial charge in [0.1, 0.15) is 18.1 Å². The fourth-order valence-electron chi connectivity index (χ4n) is 8.17. The smallest absolute Gasteiger partial charge is 0.238 e. The van der Waals surface area contributed by atoms with Crippen LogP contribution in [0.3, 0.4) is 0 Å². The molecule has 0 radical (unpaired) electrons. The third-order valence-electron chi connectivity index (χ3n) is 10.9. The van der Waals surface area contributed by atoms with E-state index in [2.05, 4.69) is 10.2 Å². The van der Waals surface area contributed by atoms with Gasteiger partial charge < -0.3 is 14.7 Å². The Morgan fingerprint density at radius 2 is 1.52 bits per heavy atom. The van der Waals surface area contributed by atoms with Crippen molar-refractivity contribution < 1.29 is 29.0 Å². The molecule has 1 N–H and O–H groups in total. The van der Waals surface area contributed by atoms with E-state index in [-0.39, 0.29) is 42.0 Å². The number of Topliss-reactive ketones (excluding diaryl/α,β-unsaturated/α-hetero) is 1. The summed E-state index contributed by atoms with van der Waals surface area (Å²) in [6.45, 7) is 1.92. The van der Waals surface area contributed by atoms with Crippen LogP contribution in [-0.2, 0) is 25.8 Å². The number of carbonyl (C=O) groups is 4. The summed E-state index contributed by atoms with van der Waals surface area (Å²) in [5.74, 6) is -3.55. The molecule has 0 aromatic heterocycles. The molecule has 0 spiro atoms. The zero-order valence-electron chi connectivity index (χ0n) is 30.1. The van der Waals surface area contributed by atoms with E-state index in [1.54, 1.807) is 43.3 Å². The topological polar surface area (TPSA) is 129 Å². The lowest BCUT2D eigenvalue weighted by molar-refractivity contribution is -0.123. The van der Waals surface area contributed by atoms with Gasteiger partial charge in [-0.05, 0) is 91.9 Å². The van der Waals surface area contributed by atoms with Gasteiger partial charge in [0.25, 0.3) is 0 Å². The van der Waals surface area contributed by atoms with Crippen LogP contribution in [0.4, 0.5) is 22.7 Å². The van der Waals surface area contributed by atoms with E-state index >= 15 is 0 Å². The molecule has 1 heterocycles. The van der Waals surface area contributed by atoms with Gasteiger partial charge in [-0.15, -0.1) is 0 Å². The minimum Gasteiger partial charge on any atom is -0.507 e. The minimum atomic E-state index is -0.774. The number of hydrogen-bond donors (Lipinski definition) is 1. The molecular weight excluding hydrogens is 681 g/mol. The molecule has 4 aliphatic rings. The molecule has 2 amide bonds. The predicted octanol–water partition coefficient (Wildman–Crippen LogP) is 8.09. The second-order valence-corrected chi connectivity index (χ2v) is 14.4. The molecule has 1 saturated heterocycles. The molecule has 4 aromatic carbocycles. The van der Waals surface area contributed by atoms with Crippen LogP contribution in [0.1, 0.15) is 36.8 Å². The number of nitrogens with zero attached hydrogens (tertiary/aromatic N) is 4. The molecule has 0 unspecified atom stereocenters. The number of azo groups is 1. The zero-order valence-corrected chi connectivity index (χ0v) is 30.1. The Hall–Kier alpha value is -6.42. The van der Waals surface area contributed by atoms with E-state index in [9.17, 15) is 24.3 Å². The number of aromatic hydroxyl groups is 1. The van der Waals surface area contributed by atoms with Gasteiger partial charge in [-0.25, -0.2) is 0 Å². The highest BCUT2D eigenvalue weighted by atomic mass is 16.5. The van der Waals surface area contributed by atoms with Crippen LogP contribution in [0.25, 0.3) is 0 Å². The number of ether oxygens (including phenoxy) is 1. The Morgan fingerprint density at radius 1 is 0.833 bits per heavy atom. The number of hydrogen-bond acceptors (Lipinski definition) is 9. The van der Waals surface area contributed by atoms with Crippen molar-refractivity contribution in [1.82, 2.24) is 0 Å². The summed E-state index contributed by atoms with van der Waals surface area (Å²) in [6, 6.07) is 29.1. The number of phenolic OH excluding ortho intramolecular Hbond substituents is 1. The quantitative estimate of drug-likeness (QED) is 0.0844. The number of amides is 2. The summed E-state index contributed by atoms with van der Waals surface area (Å²) in [5.41, 5.74) is 5.85. The standard InChI is InChI=1S/C44H38N4O6/c1-25-21-37(49)36-23-35-32(39(41(36)42(25)51)33-18-17-31(22-38(33)50)54-24-26-7-5-4-6-8-26)19-20-34-40(35)44(53)48(43(34)52)30-15-11-28(12-16-30)46-45-27-9-13-29(14-10-27)47(2)3/h4-19,21-22,34-35,39-40,50H,20,23-24H2,1-3H3/t34-,35+,39+,40-/m0/s1. The van der Waals surface area contributed by atoms with Crippen LogP contribution in [-0.4, -0.2) is 42.6 Å². The molecule has 54 heavy (non-hydrogen) atoms. The molecule has 10 heteroatoms. The van der Waals surface area contributed by atoms with Crippen molar-refractivity contribution in [2.75, 3.05) is 23.9 Å². The van der Waals surface area contributed by atoms with Crippen molar-refractivity contribution in [3.05, 3.63) is 143 Å². The number of allylic oxidation sites excluding steroid dienone is 6. The highest BCUT2D eigenvalue weighted by Crippen LogP contribution is 2.56. The monoisotopic (exact) mass is 718 g/mol. The lowest BCUT2D eigenvalue weighted by Crippen LogP contribution is -2.39. The number of rotatable bonds is 8. The summed E-state index contributed by atoms with van der Waals surface area (Å²) >= 11 is 0. The molecule has 1 aliphatic heterocycles. The maximum atomic E-state index is 14.4. The second kappa shape index (κ2) is 13.9. The van der Waals surface area contributed by atoms with Crippen LogP contribution >= 0.6 is 0 Å². The molecule has 0 saturated carbocycles. The van der Waals surface area contributed by atoms with E-state index in [4.69, 9.17) is 4.74 Å². The Bertz CT molecular complexity index is 2320. The van der Waals surface area contributed by atoms with Crippen molar-refractivity contribution in [2.45, 2.75) is 32.3 Å². The van der Waals surface area contributed by atoms with E-state index < -0.39 is 23.7 Å². The number of fused-ring (bicyclic) bond motifs is 3. The number of anilines is 2. The van der Waals surface area contributed by atoms with Crippen molar-refractivity contribution in [2.24, 2.45) is 28.0 Å². The predicted molar refractivity (Wildman–Crippen MR) is 204 cm³/mol. The van der Waals surface area contributed by atoms with Gasteiger partial charge >= 0.3 is 0 Å². The van der Waals surface area contributed by atoms with Gasteiger partial charge in [0.2, 0.25) is 11.8 Å². The van der Waals surface area contributed by atoms with Gasteiger partial charge in [-0.1, -0.05) is 48.0 Å². The van der Waals surface area contributed by atoms with Gasteiger partial charge in [0, 0.05) is 54.0 Å². The Kier molecular flexibility index (Phi) is 8.89. The summed E-state index contributed by atoms with van der Waals surface area (Å²) in [6.07, 6.45) is 3.72. The molecule has 4 aromatic rings. The molecule has 1 fully saturated rings. The maximum absolute atomic E-state index is 14.4. The summed E-state index contributed by atoms with van der Waals surface area (Å²) in [5, 5.41) is 20.1. The lowest BCUT2D eigenvalue weighted by atomic mass is 9.59. The molecule has 10 nitrogen and oxygen atoms in total. The Balaban J connectivity index is 1.08. The van der Waals surface area contributed by atoms with E-state index in [1.807, 2.05) is 79.7 Å². The molecule has 8 rings (SSSR count). The molecule has 270 valence electrons. The van der Waals surface area contributed by atoms with Gasteiger partial charge in [0.05, 0.1) is 28.9 Å².